The van der Waals surface area contributed by atoms with Crippen LogP contribution in [-0.4, -0.2) is 40.0 Å². The van der Waals surface area contributed by atoms with Crippen LogP contribution in [0.5, 0.6) is 0 Å². The number of hydrogen-bond donors (Lipinski definition) is 2. The van der Waals surface area contributed by atoms with Crippen LogP contribution in [0.15, 0.2) is 12.3 Å². The van der Waals surface area contributed by atoms with Gasteiger partial charge >= 0.3 is 5.97 Å². The second-order valence-corrected chi connectivity index (χ2v) is 6.89. The van der Waals surface area contributed by atoms with Crippen molar-refractivity contribution in [1.29, 1.82) is 0 Å². The predicted octanol–water partition coefficient (Wildman–Crippen LogP) is 2.28. The number of hydrogen-bond acceptors (Lipinski definition) is 5. The number of amides is 1. The van der Waals surface area contributed by atoms with E-state index in [9.17, 15) is 9.59 Å². The summed E-state index contributed by atoms with van der Waals surface area (Å²) in [5.41, 5.74) is 2.40. The number of carboxylic acids is 1. The molecule has 0 aliphatic heterocycles. The summed E-state index contributed by atoms with van der Waals surface area (Å²) in [6.45, 7) is 4.33. The lowest BCUT2D eigenvalue weighted by Crippen LogP contribution is -2.26. The average molecular weight is 314 g/mol. The van der Waals surface area contributed by atoms with Gasteiger partial charge in [0.05, 0.1) is 12.0 Å². The highest BCUT2D eigenvalue weighted by Gasteiger charge is 2.08. The molecule has 1 amide bonds. The Hall–Kier alpha value is -1.21. The largest absolute Gasteiger partial charge is 0.481 e. The molecule has 20 heavy (non-hydrogen) atoms. The number of nitrogens with one attached hydrogen (secondary N) is 1. The number of aryl methyl sites for hydroxylation is 2. The van der Waals surface area contributed by atoms with Crippen LogP contribution in [0, 0.1) is 13.8 Å². The van der Waals surface area contributed by atoms with Gasteiger partial charge in [0, 0.05) is 29.9 Å². The van der Waals surface area contributed by atoms with Crippen LogP contribution in [0.1, 0.15) is 28.0 Å². The Bertz CT molecular complexity index is 481. The Morgan fingerprint density at radius 1 is 1.30 bits per heavy atom. The summed E-state index contributed by atoms with van der Waals surface area (Å²) in [7, 11) is 3.07. The van der Waals surface area contributed by atoms with Crippen molar-refractivity contribution in [3.8, 4) is 0 Å². The normalized spacial score (nSPS) is 10.3. The van der Waals surface area contributed by atoms with Crippen molar-refractivity contribution in [2.75, 3.05) is 18.1 Å². The summed E-state index contributed by atoms with van der Waals surface area (Å²) in [5, 5.41) is 11.3. The minimum absolute atomic E-state index is 0.119. The van der Waals surface area contributed by atoms with Gasteiger partial charge in [-0.05, 0) is 25.5 Å². The van der Waals surface area contributed by atoms with E-state index in [1.54, 1.807) is 17.0 Å². The number of aliphatic carboxylic acids is 1. The molecule has 1 heterocycles. The van der Waals surface area contributed by atoms with E-state index in [1.165, 1.54) is 10.8 Å². The highest BCUT2D eigenvalue weighted by atomic mass is 33.1. The third-order valence-corrected chi connectivity index (χ3v) is 4.85. The molecule has 7 heteroatoms. The van der Waals surface area contributed by atoms with E-state index in [0.717, 1.165) is 17.0 Å². The van der Waals surface area contributed by atoms with Crippen LogP contribution in [0.2, 0.25) is 0 Å². The van der Waals surface area contributed by atoms with Gasteiger partial charge in [0.1, 0.15) is 0 Å². The summed E-state index contributed by atoms with van der Waals surface area (Å²) in [4.78, 5) is 26.3. The number of carbonyl (C=O) groups excluding carboxylic acids is 1. The van der Waals surface area contributed by atoms with Crippen LogP contribution in [0.25, 0.3) is 0 Å². The van der Waals surface area contributed by atoms with Gasteiger partial charge < -0.3 is 10.4 Å². The van der Waals surface area contributed by atoms with Gasteiger partial charge in [-0.2, -0.15) is 0 Å². The average Bonchev–Trinajstić information content (AvgIpc) is 2.37. The smallest absolute Gasteiger partial charge is 0.304 e. The molecule has 110 valence electrons. The lowest BCUT2D eigenvalue weighted by Gasteiger charge is -2.07. The van der Waals surface area contributed by atoms with Crippen LogP contribution in [0.3, 0.4) is 0 Å². The molecule has 0 saturated carbocycles. The Morgan fingerprint density at radius 2 is 2.00 bits per heavy atom. The first-order valence-corrected chi connectivity index (χ1v) is 8.67. The van der Waals surface area contributed by atoms with Crippen molar-refractivity contribution in [2.24, 2.45) is 0 Å². The van der Waals surface area contributed by atoms with E-state index in [0.29, 0.717) is 17.9 Å². The molecule has 0 atom stereocenters. The quantitative estimate of drug-likeness (QED) is 0.566. The number of pyridine rings is 1. The number of carbonyl (C=O) groups is 2. The highest BCUT2D eigenvalue weighted by Crippen LogP contribution is 2.21. The minimum atomic E-state index is -0.784. The van der Waals surface area contributed by atoms with Crippen LogP contribution in [-0.2, 0) is 4.79 Å². The SMILES string of the molecule is Cc1cc(C)c(C(=O)NCCSSCCC(=O)O)cn1. The third kappa shape index (κ3) is 6.29. The van der Waals surface area contributed by atoms with E-state index in [4.69, 9.17) is 5.11 Å². The Balaban J connectivity index is 2.22. The van der Waals surface area contributed by atoms with Crippen LogP contribution in [0.4, 0.5) is 0 Å². The molecule has 0 aliphatic carbocycles. The van der Waals surface area contributed by atoms with E-state index >= 15 is 0 Å². The zero-order valence-electron chi connectivity index (χ0n) is 11.5. The second-order valence-electron chi connectivity index (χ2n) is 4.18. The third-order valence-electron chi connectivity index (χ3n) is 2.45. The second kappa shape index (κ2) is 8.86. The molecular formula is C13H18N2O3S2. The van der Waals surface area contributed by atoms with Gasteiger partial charge in [-0.1, -0.05) is 21.6 Å². The van der Waals surface area contributed by atoms with E-state index in [2.05, 4.69) is 10.3 Å². The van der Waals surface area contributed by atoms with Crippen molar-refractivity contribution in [3.05, 3.63) is 29.1 Å². The van der Waals surface area contributed by atoms with Crippen molar-refractivity contribution < 1.29 is 14.7 Å². The van der Waals surface area contributed by atoms with Crippen molar-refractivity contribution in [3.63, 3.8) is 0 Å². The minimum Gasteiger partial charge on any atom is -0.481 e. The molecule has 0 spiro atoms. The zero-order chi connectivity index (χ0) is 15.0. The summed E-state index contributed by atoms with van der Waals surface area (Å²) in [5.74, 6) is 0.420. The highest BCUT2D eigenvalue weighted by molar-refractivity contribution is 8.76. The molecule has 0 aromatic carbocycles. The molecule has 0 bridgehead atoms. The van der Waals surface area contributed by atoms with Crippen molar-refractivity contribution >= 4 is 33.5 Å². The van der Waals surface area contributed by atoms with E-state index < -0.39 is 5.97 Å². The Labute approximate surface area is 126 Å². The van der Waals surface area contributed by atoms with E-state index in [1.807, 2.05) is 19.9 Å². The number of aromatic nitrogens is 1. The molecule has 1 rings (SSSR count). The summed E-state index contributed by atoms with van der Waals surface area (Å²) >= 11 is 0. The maximum absolute atomic E-state index is 11.9. The molecule has 0 radical (unpaired) electrons. The van der Waals surface area contributed by atoms with Gasteiger partial charge in [-0.15, -0.1) is 0 Å². The van der Waals surface area contributed by atoms with E-state index in [-0.39, 0.29) is 12.3 Å². The van der Waals surface area contributed by atoms with Crippen molar-refractivity contribution in [2.45, 2.75) is 20.3 Å². The van der Waals surface area contributed by atoms with Crippen LogP contribution < -0.4 is 5.32 Å². The molecule has 0 unspecified atom stereocenters. The fraction of sp³-hybridized carbons (Fsp3) is 0.462. The lowest BCUT2D eigenvalue weighted by molar-refractivity contribution is -0.136. The molecule has 2 N–H and O–H groups in total. The van der Waals surface area contributed by atoms with Gasteiger partial charge in [0.15, 0.2) is 0 Å². The fourth-order valence-electron chi connectivity index (χ4n) is 1.48. The van der Waals surface area contributed by atoms with Gasteiger partial charge in [0.25, 0.3) is 5.91 Å². The topological polar surface area (TPSA) is 79.3 Å². The summed E-state index contributed by atoms with van der Waals surface area (Å²) in [6, 6.07) is 1.88. The molecule has 1 aromatic heterocycles. The number of carboxylic acid groups (broad SMARTS) is 1. The molecule has 0 aliphatic rings. The fourth-order valence-corrected chi connectivity index (χ4v) is 3.37. The monoisotopic (exact) mass is 314 g/mol. The standard InChI is InChI=1S/C13H18N2O3S2/c1-9-7-10(2)15-8-11(9)13(18)14-4-6-20-19-5-3-12(16)17/h7-8H,3-6H2,1-2H3,(H,14,18)(H,16,17). The lowest BCUT2D eigenvalue weighted by atomic mass is 10.1. The summed E-state index contributed by atoms with van der Waals surface area (Å²) < 4.78 is 0. The molecular weight excluding hydrogens is 296 g/mol. The first kappa shape index (κ1) is 16.8. The number of rotatable bonds is 8. The van der Waals surface area contributed by atoms with Crippen LogP contribution >= 0.6 is 21.6 Å². The molecule has 1 aromatic rings. The zero-order valence-corrected chi connectivity index (χ0v) is 13.1. The number of nitrogens with zero attached hydrogens (tertiary/aromatic N) is 1. The molecule has 0 saturated heterocycles. The predicted molar refractivity (Wildman–Crippen MR) is 83.2 cm³/mol. The maximum Gasteiger partial charge on any atom is 0.304 e. The van der Waals surface area contributed by atoms with Gasteiger partial charge in [-0.25, -0.2) is 0 Å². The Kier molecular flexibility index (Phi) is 7.46. The molecule has 5 nitrogen and oxygen atoms in total. The van der Waals surface area contributed by atoms with Gasteiger partial charge in [0.2, 0.25) is 0 Å². The summed E-state index contributed by atoms with van der Waals surface area (Å²) in [6.07, 6.45) is 1.76. The maximum atomic E-state index is 11.9. The first-order chi connectivity index (χ1) is 9.50. The van der Waals surface area contributed by atoms with Gasteiger partial charge in [-0.3, -0.25) is 14.6 Å². The first-order valence-electron chi connectivity index (χ1n) is 6.18. The molecule has 0 fully saturated rings. The van der Waals surface area contributed by atoms with Crippen molar-refractivity contribution in [1.82, 2.24) is 10.3 Å². The Morgan fingerprint density at radius 3 is 2.65 bits per heavy atom.